The summed E-state index contributed by atoms with van der Waals surface area (Å²) in [6, 6.07) is 2.93. The Morgan fingerprint density at radius 3 is 2.48 bits per heavy atom. The van der Waals surface area contributed by atoms with Crippen LogP contribution in [0, 0.1) is 10.7 Å². The van der Waals surface area contributed by atoms with Crippen molar-refractivity contribution in [1.82, 2.24) is 30.0 Å². The van der Waals surface area contributed by atoms with Crippen LogP contribution in [0.3, 0.4) is 0 Å². The number of benzene rings is 1. The molecule has 0 unspecified atom stereocenters. The van der Waals surface area contributed by atoms with E-state index in [1.807, 2.05) is 5.40 Å². The second-order valence-corrected chi connectivity index (χ2v) is 6.85. The van der Waals surface area contributed by atoms with Gasteiger partial charge in [0.05, 0.1) is 22.9 Å². The van der Waals surface area contributed by atoms with Gasteiger partial charge in [-0.1, -0.05) is 10.4 Å². The molecule has 1 aliphatic carbocycles. The van der Waals surface area contributed by atoms with Crippen LogP contribution in [-0.4, -0.2) is 35.7 Å². The molecule has 0 bridgehead atoms. The van der Waals surface area contributed by atoms with Crippen molar-refractivity contribution in [2.45, 2.75) is 31.8 Å². The van der Waals surface area contributed by atoms with Gasteiger partial charge in [-0.05, 0) is 43.7 Å². The first-order valence-electron chi connectivity index (χ1n) is 7.79. The van der Waals surface area contributed by atoms with Crippen LogP contribution in [0.5, 0.6) is 0 Å². The van der Waals surface area contributed by atoms with Crippen LogP contribution in [0.1, 0.15) is 31.8 Å². The van der Waals surface area contributed by atoms with Crippen molar-refractivity contribution in [3.8, 4) is 5.40 Å². The highest BCUT2D eigenvalue weighted by Gasteiger charge is 2.27. The molecule has 0 saturated heterocycles. The van der Waals surface area contributed by atoms with Crippen LogP contribution in [0.15, 0.2) is 21.7 Å². The van der Waals surface area contributed by atoms with Crippen LogP contribution in [0.2, 0.25) is 0 Å². The monoisotopic (exact) mass is 355 g/mol. The van der Waals surface area contributed by atoms with Gasteiger partial charge in [-0.3, -0.25) is 9.59 Å². The van der Waals surface area contributed by atoms with Crippen LogP contribution in [-0.2, 0) is 0 Å². The van der Waals surface area contributed by atoms with E-state index in [2.05, 4.69) is 20.6 Å². The molecule has 3 aromatic rings. The quantitative estimate of drug-likeness (QED) is 0.502. The summed E-state index contributed by atoms with van der Waals surface area (Å²) in [5.74, 6) is 0.427. The predicted octanol–water partition coefficient (Wildman–Crippen LogP) is 1.01. The Morgan fingerprint density at radius 2 is 1.84 bits per heavy atom. The summed E-state index contributed by atoms with van der Waals surface area (Å²) in [4.78, 5) is 25.2. The van der Waals surface area contributed by atoms with Gasteiger partial charge in [0, 0.05) is 5.75 Å². The molecule has 0 radical (unpaired) electrons. The molecule has 10 heteroatoms. The highest BCUT2D eigenvalue weighted by molar-refractivity contribution is 8.03. The van der Waals surface area contributed by atoms with Crippen LogP contribution in [0.25, 0.3) is 21.8 Å². The number of thioether (sulfide) groups is 1. The summed E-state index contributed by atoms with van der Waals surface area (Å²) in [5, 5.41) is 27.4. The first kappa shape index (κ1) is 15.7. The average molecular weight is 355 g/mol. The highest BCUT2D eigenvalue weighted by atomic mass is 32.2. The van der Waals surface area contributed by atoms with Crippen molar-refractivity contribution in [3.63, 3.8) is 0 Å². The number of nitriles is 1. The zero-order valence-corrected chi connectivity index (χ0v) is 14.1. The van der Waals surface area contributed by atoms with Crippen molar-refractivity contribution in [2.75, 3.05) is 5.75 Å². The Bertz CT molecular complexity index is 1140. The maximum Gasteiger partial charge on any atom is 0.277 e. The molecule has 0 spiro atoms. The van der Waals surface area contributed by atoms with Gasteiger partial charge in [-0.2, -0.15) is 5.26 Å². The fraction of sp³-hybridized carbons (Fsp3) is 0.400. The summed E-state index contributed by atoms with van der Waals surface area (Å²) >= 11 is 1.05. The minimum absolute atomic E-state index is 0.123. The largest absolute Gasteiger partial charge is 0.277 e. The number of thiocyanates is 1. The fourth-order valence-corrected chi connectivity index (χ4v) is 3.14. The van der Waals surface area contributed by atoms with Gasteiger partial charge < -0.3 is 0 Å². The topological polar surface area (TPSA) is 119 Å². The molecule has 2 heterocycles. The normalized spacial score (nSPS) is 15.4. The van der Waals surface area contributed by atoms with Crippen LogP contribution in [0.4, 0.5) is 0 Å². The lowest BCUT2D eigenvalue weighted by Crippen LogP contribution is -2.29. The van der Waals surface area contributed by atoms with E-state index >= 15 is 0 Å². The molecule has 1 atom stereocenters. The number of fused-ring (bicyclic) bond motifs is 2. The number of rotatable bonds is 4. The zero-order valence-electron chi connectivity index (χ0n) is 13.3. The van der Waals surface area contributed by atoms with Crippen molar-refractivity contribution in [2.24, 2.45) is 0 Å². The van der Waals surface area contributed by atoms with E-state index in [0.717, 1.165) is 24.6 Å². The zero-order chi connectivity index (χ0) is 17.6. The fourth-order valence-electron chi connectivity index (χ4n) is 2.68. The smallest absolute Gasteiger partial charge is 0.267 e. The summed E-state index contributed by atoms with van der Waals surface area (Å²) in [6.07, 6.45) is 1.85. The Labute approximate surface area is 145 Å². The summed E-state index contributed by atoms with van der Waals surface area (Å²) in [5.41, 5.74) is 0.164. The summed E-state index contributed by atoms with van der Waals surface area (Å²) < 4.78 is 2.64. The van der Waals surface area contributed by atoms with Gasteiger partial charge >= 0.3 is 0 Å². The Morgan fingerprint density at radius 1 is 1.20 bits per heavy atom. The van der Waals surface area contributed by atoms with E-state index in [0.29, 0.717) is 27.6 Å². The molecule has 9 nitrogen and oxygen atoms in total. The maximum atomic E-state index is 12.7. The Kier molecular flexibility index (Phi) is 3.73. The van der Waals surface area contributed by atoms with Gasteiger partial charge in [0.2, 0.25) is 0 Å². The van der Waals surface area contributed by atoms with Gasteiger partial charge in [0.15, 0.2) is 0 Å². The van der Waals surface area contributed by atoms with E-state index < -0.39 is 0 Å². The van der Waals surface area contributed by atoms with Gasteiger partial charge in [0.1, 0.15) is 16.4 Å². The molecular weight excluding hydrogens is 342 g/mol. The first-order chi connectivity index (χ1) is 12.1. The molecular formula is C15H13N7O2S. The Balaban J connectivity index is 1.89. The maximum absolute atomic E-state index is 12.7. The third kappa shape index (κ3) is 2.66. The summed E-state index contributed by atoms with van der Waals surface area (Å²) in [7, 11) is 0. The second-order valence-electron chi connectivity index (χ2n) is 6.05. The van der Waals surface area contributed by atoms with E-state index in [1.54, 1.807) is 13.0 Å². The van der Waals surface area contributed by atoms with Crippen molar-refractivity contribution in [1.29, 1.82) is 5.26 Å². The first-order valence-corrected chi connectivity index (χ1v) is 8.78. The molecule has 1 fully saturated rings. The average Bonchev–Trinajstić information content (AvgIpc) is 3.44. The molecule has 2 aromatic heterocycles. The highest BCUT2D eigenvalue weighted by Crippen LogP contribution is 2.32. The van der Waals surface area contributed by atoms with Crippen molar-refractivity contribution < 1.29 is 0 Å². The minimum Gasteiger partial charge on any atom is -0.267 e. The third-order valence-corrected chi connectivity index (χ3v) is 4.97. The minimum atomic E-state index is -0.328. The Hall–Kier alpha value is -2.80. The molecule has 1 aromatic carbocycles. The lowest BCUT2D eigenvalue weighted by atomic mass is 10.2. The van der Waals surface area contributed by atoms with E-state index in [-0.39, 0.29) is 23.2 Å². The van der Waals surface area contributed by atoms with E-state index in [9.17, 15) is 9.59 Å². The third-order valence-electron chi connectivity index (χ3n) is 4.19. The van der Waals surface area contributed by atoms with Gasteiger partial charge in [-0.25, -0.2) is 9.36 Å². The van der Waals surface area contributed by atoms with Crippen LogP contribution >= 0.6 is 11.8 Å². The molecule has 1 saturated carbocycles. The number of aromatic nitrogens is 6. The molecule has 0 N–H and O–H groups in total. The van der Waals surface area contributed by atoms with Crippen molar-refractivity contribution >= 4 is 33.6 Å². The number of hydrogen-bond acceptors (Lipinski definition) is 8. The molecule has 0 aliphatic heterocycles. The lowest BCUT2D eigenvalue weighted by molar-refractivity contribution is 0.488. The molecule has 0 amide bonds. The molecule has 25 heavy (non-hydrogen) atoms. The van der Waals surface area contributed by atoms with Gasteiger partial charge in [0.25, 0.3) is 11.1 Å². The van der Waals surface area contributed by atoms with E-state index in [4.69, 9.17) is 5.26 Å². The van der Waals surface area contributed by atoms with Crippen LogP contribution < -0.4 is 11.1 Å². The summed E-state index contributed by atoms with van der Waals surface area (Å²) in [6.45, 7) is 1.79. The standard InChI is InChI=1S/C15H13N7O2S/c1-8(6-25-7-16)21-14(23)10-4-13-11(5-12(10)17-19-21)15(24)22(20-18-13)9-2-3-9/h4-5,8-9H,2-3,6H2,1H3/t8-/m1/s1. The predicted molar refractivity (Wildman–Crippen MR) is 92.2 cm³/mol. The molecule has 4 rings (SSSR count). The van der Waals surface area contributed by atoms with E-state index in [1.165, 1.54) is 15.4 Å². The SMILES string of the molecule is C[C@H](CSC#N)n1nnc2cc3c(=O)n(C4CC4)nnc3cc2c1=O. The lowest BCUT2D eigenvalue weighted by Gasteiger charge is -2.11. The second kappa shape index (κ2) is 5.93. The van der Waals surface area contributed by atoms with Crippen molar-refractivity contribution in [3.05, 3.63) is 32.8 Å². The molecule has 126 valence electrons. The van der Waals surface area contributed by atoms with Gasteiger partial charge in [-0.15, -0.1) is 10.2 Å². The number of hydrogen-bond donors (Lipinski definition) is 0. The molecule has 1 aliphatic rings. The number of nitrogens with zero attached hydrogens (tertiary/aromatic N) is 7.